The molecule has 0 spiro atoms. The topological polar surface area (TPSA) is 29.3 Å². The summed E-state index contributed by atoms with van der Waals surface area (Å²) in [6.07, 6.45) is 3.92. The third kappa shape index (κ3) is 5.17. The number of thioether (sulfide) groups is 1. The van der Waals surface area contributed by atoms with Gasteiger partial charge in [-0.3, -0.25) is 0 Å². The molecular formula is C16H26N2S. The zero-order valence-electron chi connectivity index (χ0n) is 12.0. The van der Waals surface area contributed by atoms with Gasteiger partial charge in [-0.25, -0.2) is 0 Å². The predicted molar refractivity (Wildman–Crippen MR) is 84.7 cm³/mol. The lowest BCUT2D eigenvalue weighted by molar-refractivity contribution is 0.179. The second-order valence-corrected chi connectivity index (χ2v) is 6.72. The highest BCUT2D eigenvalue weighted by molar-refractivity contribution is 7.99. The molecule has 2 rings (SSSR count). The van der Waals surface area contributed by atoms with Crippen molar-refractivity contribution < 1.29 is 0 Å². The second kappa shape index (κ2) is 7.93. The summed E-state index contributed by atoms with van der Waals surface area (Å²) in [5.41, 5.74) is 7.01. The number of hydrogen-bond donors (Lipinski definition) is 1. The number of hydrogen-bond acceptors (Lipinski definition) is 3. The van der Waals surface area contributed by atoms with Crippen LogP contribution in [0.4, 0.5) is 0 Å². The highest BCUT2D eigenvalue weighted by atomic mass is 32.2. The van der Waals surface area contributed by atoms with E-state index in [2.05, 4.69) is 36.1 Å². The van der Waals surface area contributed by atoms with Crippen LogP contribution in [0.1, 0.15) is 24.8 Å². The van der Waals surface area contributed by atoms with Crippen molar-refractivity contribution in [2.75, 3.05) is 31.9 Å². The minimum atomic E-state index is 0.836. The standard InChI is InChI=1S/C16H26N2S/c1-14-4-6-16(7-5-14)19-12-11-18-10-2-3-15(13-18)8-9-17/h4-7,15H,2-3,8-13,17H2,1H3. The van der Waals surface area contributed by atoms with Crippen LogP contribution in [0.2, 0.25) is 0 Å². The smallest absolute Gasteiger partial charge is 0.0108 e. The lowest BCUT2D eigenvalue weighted by Gasteiger charge is -2.32. The molecular weight excluding hydrogens is 252 g/mol. The van der Waals surface area contributed by atoms with Crippen LogP contribution in [-0.2, 0) is 0 Å². The SMILES string of the molecule is Cc1ccc(SCCN2CCCC(CCN)C2)cc1. The zero-order valence-corrected chi connectivity index (χ0v) is 12.8. The van der Waals surface area contributed by atoms with E-state index >= 15 is 0 Å². The average Bonchev–Trinajstić information content (AvgIpc) is 2.42. The van der Waals surface area contributed by atoms with Crippen LogP contribution in [0.3, 0.4) is 0 Å². The van der Waals surface area contributed by atoms with E-state index in [-0.39, 0.29) is 0 Å². The van der Waals surface area contributed by atoms with Gasteiger partial charge in [0.1, 0.15) is 0 Å². The highest BCUT2D eigenvalue weighted by Crippen LogP contribution is 2.21. The number of aryl methyl sites for hydroxylation is 1. The molecule has 3 heteroatoms. The third-order valence-corrected chi connectivity index (χ3v) is 4.87. The summed E-state index contributed by atoms with van der Waals surface area (Å²) < 4.78 is 0. The Morgan fingerprint density at radius 1 is 1.32 bits per heavy atom. The van der Waals surface area contributed by atoms with E-state index in [1.54, 1.807) is 0 Å². The van der Waals surface area contributed by atoms with E-state index in [1.807, 2.05) is 11.8 Å². The van der Waals surface area contributed by atoms with Crippen LogP contribution in [0.5, 0.6) is 0 Å². The minimum absolute atomic E-state index is 0.836. The lowest BCUT2D eigenvalue weighted by Crippen LogP contribution is -2.37. The molecule has 1 aromatic rings. The van der Waals surface area contributed by atoms with Crippen molar-refractivity contribution in [2.45, 2.75) is 31.1 Å². The van der Waals surface area contributed by atoms with Crippen LogP contribution >= 0.6 is 11.8 Å². The predicted octanol–water partition coefficient (Wildman–Crippen LogP) is 3.15. The van der Waals surface area contributed by atoms with Crippen molar-refractivity contribution in [3.63, 3.8) is 0 Å². The van der Waals surface area contributed by atoms with E-state index in [4.69, 9.17) is 5.73 Å². The fraction of sp³-hybridized carbons (Fsp3) is 0.625. The molecule has 1 atom stereocenters. The van der Waals surface area contributed by atoms with Crippen LogP contribution in [0.25, 0.3) is 0 Å². The fourth-order valence-corrected chi connectivity index (χ4v) is 3.67. The lowest BCUT2D eigenvalue weighted by atomic mass is 9.95. The molecule has 2 nitrogen and oxygen atoms in total. The van der Waals surface area contributed by atoms with E-state index in [1.165, 1.54) is 55.1 Å². The van der Waals surface area contributed by atoms with Gasteiger partial charge in [0.05, 0.1) is 0 Å². The summed E-state index contributed by atoms with van der Waals surface area (Å²) in [4.78, 5) is 4.01. The summed E-state index contributed by atoms with van der Waals surface area (Å²) in [6.45, 7) is 6.72. The number of likely N-dealkylation sites (tertiary alicyclic amines) is 1. The summed E-state index contributed by atoms with van der Waals surface area (Å²) in [6, 6.07) is 8.85. The highest BCUT2D eigenvalue weighted by Gasteiger charge is 2.18. The zero-order chi connectivity index (χ0) is 13.5. The van der Waals surface area contributed by atoms with E-state index in [9.17, 15) is 0 Å². The molecule has 0 aromatic heterocycles. The van der Waals surface area contributed by atoms with Crippen LogP contribution in [0.15, 0.2) is 29.2 Å². The summed E-state index contributed by atoms with van der Waals surface area (Å²) in [7, 11) is 0. The number of piperidine rings is 1. The molecule has 2 N–H and O–H groups in total. The number of rotatable bonds is 6. The van der Waals surface area contributed by atoms with Crippen LogP contribution in [-0.4, -0.2) is 36.8 Å². The largest absolute Gasteiger partial charge is 0.330 e. The number of benzene rings is 1. The molecule has 0 amide bonds. The number of nitrogens with two attached hydrogens (primary N) is 1. The van der Waals surface area contributed by atoms with Gasteiger partial charge in [0, 0.05) is 23.7 Å². The van der Waals surface area contributed by atoms with Gasteiger partial charge in [0.25, 0.3) is 0 Å². The van der Waals surface area contributed by atoms with E-state index < -0.39 is 0 Å². The van der Waals surface area contributed by atoms with Gasteiger partial charge in [0.15, 0.2) is 0 Å². The quantitative estimate of drug-likeness (QED) is 0.811. The maximum Gasteiger partial charge on any atom is 0.0108 e. The van der Waals surface area contributed by atoms with Crippen molar-refractivity contribution in [1.82, 2.24) is 4.90 Å². The van der Waals surface area contributed by atoms with Crippen molar-refractivity contribution in [1.29, 1.82) is 0 Å². The summed E-state index contributed by atoms with van der Waals surface area (Å²) >= 11 is 1.97. The summed E-state index contributed by atoms with van der Waals surface area (Å²) in [5, 5.41) is 0. The molecule has 106 valence electrons. The Bertz CT molecular complexity index is 362. The maximum absolute atomic E-state index is 5.67. The Labute approximate surface area is 121 Å². The van der Waals surface area contributed by atoms with Crippen molar-refractivity contribution >= 4 is 11.8 Å². The second-order valence-electron chi connectivity index (χ2n) is 5.55. The molecule has 1 aliphatic heterocycles. The first-order valence-corrected chi connectivity index (χ1v) is 8.38. The average molecular weight is 278 g/mol. The molecule has 1 saturated heterocycles. The third-order valence-electron chi connectivity index (χ3n) is 3.88. The Morgan fingerprint density at radius 3 is 2.84 bits per heavy atom. The first kappa shape index (κ1) is 14.9. The van der Waals surface area contributed by atoms with E-state index in [0.717, 1.165) is 12.5 Å². The van der Waals surface area contributed by atoms with Gasteiger partial charge in [-0.1, -0.05) is 17.7 Å². The molecule has 19 heavy (non-hydrogen) atoms. The van der Waals surface area contributed by atoms with Crippen molar-refractivity contribution in [2.24, 2.45) is 11.7 Å². The van der Waals surface area contributed by atoms with Gasteiger partial charge in [-0.2, -0.15) is 0 Å². The molecule has 1 aromatic carbocycles. The van der Waals surface area contributed by atoms with Crippen molar-refractivity contribution in [3.05, 3.63) is 29.8 Å². The normalized spacial score (nSPS) is 20.6. The monoisotopic (exact) mass is 278 g/mol. The molecule has 0 radical (unpaired) electrons. The van der Waals surface area contributed by atoms with Gasteiger partial charge in [-0.05, 0) is 57.3 Å². The molecule has 1 heterocycles. The van der Waals surface area contributed by atoms with Gasteiger partial charge in [0.2, 0.25) is 0 Å². The first-order chi connectivity index (χ1) is 9.28. The Hall–Kier alpha value is -0.510. The van der Waals surface area contributed by atoms with Crippen molar-refractivity contribution in [3.8, 4) is 0 Å². The first-order valence-electron chi connectivity index (χ1n) is 7.40. The van der Waals surface area contributed by atoms with Gasteiger partial charge in [-0.15, -0.1) is 11.8 Å². The van der Waals surface area contributed by atoms with Gasteiger partial charge >= 0.3 is 0 Å². The fourth-order valence-electron chi connectivity index (χ4n) is 2.75. The van der Waals surface area contributed by atoms with Crippen LogP contribution in [0, 0.1) is 12.8 Å². The van der Waals surface area contributed by atoms with Gasteiger partial charge < -0.3 is 10.6 Å². The Kier molecular flexibility index (Phi) is 6.21. The molecule has 1 fully saturated rings. The number of nitrogens with zero attached hydrogens (tertiary/aromatic N) is 1. The molecule has 0 aliphatic carbocycles. The molecule has 0 saturated carbocycles. The summed E-state index contributed by atoms with van der Waals surface area (Å²) in [5.74, 6) is 2.03. The van der Waals surface area contributed by atoms with E-state index in [0.29, 0.717) is 0 Å². The molecule has 0 bridgehead atoms. The molecule has 1 aliphatic rings. The Morgan fingerprint density at radius 2 is 2.11 bits per heavy atom. The minimum Gasteiger partial charge on any atom is -0.330 e. The maximum atomic E-state index is 5.67. The molecule has 1 unspecified atom stereocenters. The Balaban J connectivity index is 1.69. The van der Waals surface area contributed by atoms with Crippen LogP contribution < -0.4 is 5.73 Å².